The third-order valence-corrected chi connectivity index (χ3v) is 8.10. The van der Waals surface area contributed by atoms with E-state index in [9.17, 15) is 14.9 Å². The number of rotatable bonds is 7. The number of methoxy groups -OCH3 is 1. The van der Waals surface area contributed by atoms with Crippen LogP contribution in [-0.4, -0.2) is 31.1 Å². The molecule has 1 saturated heterocycles. The Morgan fingerprint density at radius 3 is 2.38 bits per heavy atom. The summed E-state index contributed by atoms with van der Waals surface area (Å²) in [4.78, 5) is 25.6. The van der Waals surface area contributed by atoms with Gasteiger partial charge in [-0.05, 0) is 53.3 Å². The number of nitrogens with zero attached hydrogens (tertiary/aromatic N) is 1. The summed E-state index contributed by atoms with van der Waals surface area (Å²) in [5.41, 5.74) is -0.986. The van der Waals surface area contributed by atoms with Crippen molar-refractivity contribution < 1.29 is 23.1 Å². The number of nitrogens with one attached hydrogen (secondary N) is 2. The van der Waals surface area contributed by atoms with E-state index in [2.05, 4.69) is 16.7 Å². The number of amides is 1. The molecule has 10 heteroatoms. The fourth-order valence-electron chi connectivity index (χ4n) is 5.73. The predicted molar refractivity (Wildman–Crippen MR) is 157 cm³/mol. The largest absolute Gasteiger partial charge is 0.465 e. The zero-order valence-corrected chi connectivity index (χ0v) is 25.1. The molecule has 2 N–H and O–H groups in total. The minimum Gasteiger partial charge on any atom is -0.465 e. The number of carbonyl (C=O) groups excluding carboxylic acids is 2. The summed E-state index contributed by atoms with van der Waals surface area (Å²) in [6.45, 7) is 5.99. The van der Waals surface area contributed by atoms with Gasteiger partial charge in [0.15, 0.2) is 0 Å². The molecule has 6 nitrogen and oxygen atoms in total. The van der Waals surface area contributed by atoms with Gasteiger partial charge in [0.25, 0.3) is 0 Å². The van der Waals surface area contributed by atoms with E-state index < -0.39 is 46.9 Å². The SMILES string of the molecule is COC(=O)c1ccc(CNC(=O)[C@@H]2NC(CC(C)(C)C)[C@](C#N)(c3ccc(Cl)cc3F)C2c2cccc(Cl)c2F)cc1. The van der Waals surface area contributed by atoms with Gasteiger partial charge in [-0.15, -0.1) is 0 Å². The van der Waals surface area contributed by atoms with Crippen LogP contribution in [0.4, 0.5) is 8.78 Å². The maximum Gasteiger partial charge on any atom is 0.337 e. The zero-order chi connectivity index (χ0) is 30.8. The molecule has 0 bridgehead atoms. The fourth-order valence-corrected chi connectivity index (χ4v) is 6.07. The van der Waals surface area contributed by atoms with Crippen LogP contribution in [0.15, 0.2) is 60.7 Å². The van der Waals surface area contributed by atoms with E-state index >= 15 is 8.78 Å². The second-order valence-electron chi connectivity index (χ2n) is 11.6. The summed E-state index contributed by atoms with van der Waals surface area (Å²) in [6.07, 6.45) is 0.361. The van der Waals surface area contributed by atoms with Gasteiger partial charge in [-0.1, -0.05) is 74.3 Å². The van der Waals surface area contributed by atoms with E-state index in [1.54, 1.807) is 24.3 Å². The van der Waals surface area contributed by atoms with Crippen LogP contribution in [0, 0.1) is 28.4 Å². The van der Waals surface area contributed by atoms with Crippen molar-refractivity contribution in [2.75, 3.05) is 7.11 Å². The molecule has 2 unspecified atom stereocenters. The molecule has 1 amide bonds. The molecule has 4 rings (SSSR count). The van der Waals surface area contributed by atoms with Gasteiger partial charge in [-0.3, -0.25) is 4.79 Å². The van der Waals surface area contributed by atoms with Gasteiger partial charge in [0, 0.05) is 29.1 Å². The van der Waals surface area contributed by atoms with Crippen LogP contribution in [0.25, 0.3) is 0 Å². The van der Waals surface area contributed by atoms with Crippen LogP contribution in [-0.2, 0) is 21.5 Å². The maximum atomic E-state index is 15.7. The Hall–Kier alpha value is -3.51. The molecule has 3 aromatic carbocycles. The molecule has 0 spiro atoms. The third-order valence-electron chi connectivity index (χ3n) is 7.57. The molecule has 0 radical (unpaired) electrons. The Morgan fingerprint density at radius 1 is 1.10 bits per heavy atom. The van der Waals surface area contributed by atoms with Crippen LogP contribution in [0.3, 0.4) is 0 Å². The van der Waals surface area contributed by atoms with E-state index in [1.165, 1.54) is 37.4 Å². The topological polar surface area (TPSA) is 91.2 Å². The number of benzene rings is 3. The zero-order valence-electron chi connectivity index (χ0n) is 23.6. The molecule has 1 aliphatic heterocycles. The Labute approximate surface area is 254 Å². The highest BCUT2D eigenvalue weighted by Gasteiger charge is 2.61. The summed E-state index contributed by atoms with van der Waals surface area (Å²) in [5.74, 6) is -3.68. The van der Waals surface area contributed by atoms with Crippen molar-refractivity contribution in [1.82, 2.24) is 10.6 Å². The maximum absolute atomic E-state index is 15.7. The number of carbonyl (C=O) groups is 2. The van der Waals surface area contributed by atoms with E-state index in [0.29, 0.717) is 17.5 Å². The van der Waals surface area contributed by atoms with Crippen molar-refractivity contribution in [3.05, 3.63) is 105 Å². The first-order valence-corrected chi connectivity index (χ1v) is 14.1. The summed E-state index contributed by atoms with van der Waals surface area (Å²) < 4.78 is 36.2. The van der Waals surface area contributed by atoms with Crippen LogP contribution in [0.5, 0.6) is 0 Å². The minimum atomic E-state index is -1.71. The van der Waals surface area contributed by atoms with Crippen LogP contribution in [0.1, 0.15) is 60.2 Å². The number of hydrogen-bond acceptors (Lipinski definition) is 5. The van der Waals surface area contributed by atoms with Crippen molar-refractivity contribution in [2.45, 2.75) is 57.2 Å². The van der Waals surface area contributed by atoms with Crippen LogP contribution >= 0.6 is 23.2 Å². The average Bonchev–Trinajstić information content (AvgIpc) is 3.25. The van der Waals surface area contributed by atoms with E-state index in [-0.39, 0.29) is 33.1 Å². The molecule has 0 saturated carbocycles. The van der Waals surface area contributed by atoms with Crippen molar-refractivity contribution in [2.24, 2.45) is 5.41 Å². The minimum absolute atomic E-state index is 0.00854. The lowest BCUT2D eigenvalue weighted by Crippen LogP contribution is -2.45. The normalized spacial score (nSPS) is 21.9. The summed E-state index contributed by atoms with van der Waals surface area (Å²) >= 11 is 12.2. The molecule has 4 atom stereocenters. The lowest BCUT2D eigenvalue weighted by Gasteiger charge is -2.37. The highest BCUT2D eigenvalue weighted by molar-refractivity contribution is 6.31. The van der Waals surface area contributed by atoms with E-state index in [1.807, 2.05) is 20.8 Å². The highest BCUT2D eigenvalue weighted by Crippen LogP contribution is 2.52. The Morgan fingerprint density at radius 2 is 1.79 bits per heavy atom. The molecule has 1 aliphatic rings. The lowest BCUT2D eigenvalue weighted by atomic mass is 9.62. The summed E-state index contributed by atoms with van der Waals surface area (Å²) in [5, 5.41) is 17.0. The van der Waals surface area contributed by atoms with Crippen molar-refractivity contribution >= 4 is 35.1 Å². The molecule has 3 aromatic rings. The quantitative estimate of drug-likeness (QED) is 0.289. The monoisotopic (exact) mass is 613 g/mol. The predicted octanol–water partition coefficient (Wildman–Crippen LogP) is 6.70. The molecule has 1 heterocycles. The van der Waals surface area contributed by atoms with Gasteiger partial charge in [0.05, 0.1) is 29.8 Å². The van der Waals surface area contributed by atoms with E-state index in [0.717, 1.165) is 6.07 Å². The van der Waals surface area contributed by atoms with Crippen LogP contribution in [0.2, 0.25) is 10.0 Å². The van der Waals surface area contributed by atoms with Gasteiger partial charge < -0.3 is 15.4 Å². The Bertz CT molecular complexity index is 1540. The summed E-state index contributed by atoms with van der Waals surface area (Å²) in [6, 6.07) is 15.3. The van der Waals surface area contributed by atoms with Crippen molar-refractivity contribution in [3.8, 4) is 6.07 Å². The van der Waals surface area contributed by atoms with Crippen molar-refractivity contribution in [3.63, 3.8) is 0 Å². The number of hydrogen-bond donors (Lipinski definition) is 2. The first-order valence-electron chi connectivity index (χ1n) is 13.3. The number of halogens is 4. The average molecular weight is 615 g/mol. The second-order valence-corrected chi connectivity index (χ2v) is 12.4. The number of ether oxygens (including phenoxy) is 1. The lowest BCUT2D eigenvalue weighted by molar-refractivity contribution is -0.123. The fraction of sp³-hybridized carbons (Fsp3) is 0.344. The number of esters is 1. The summed E-state index contributed by atoms with van der Waals surface area (Å²) in [7, 11) is 1.29. The molecule has 220 valence electrons. The molecule has 0 aliphatic carbocycles. The Balaban J connectivity index is 1.82. The molecule has 42 heavy (non-hydrogen) atoms. The van der Waals surface area contributed by atoms with E-state index in [4.69, 9.17) is 27.9 Å². The molecule has 1 fully saturated rings. The van der Waals surface area contributed by atoms with Crippen molar-refractivity contribution in [1.29, 1.82) is 5.26 Å². The van der Waals surface area contributed by atoms with Gasteiger partial charge in [-0.2, -0.15) is 5.26 Å². The third kappa shape index (κ3) is 6.14. The highest BCUT2D eigenvalue weighted by atomic mass is 35.5. The Kier molecular flexibility index (Phi) is 9.27. The number of nitriles is 1. The van der Waals surface area contributed by atoms with Gasteiger partial charge in [0.1, 0.15) is 17.0 Å². The van der Waals surface area contributed by atoms with Gasteiger partial charge >= 0.3 is 5.97 Å². The smallest absolute Gasteiger partial charge is 0.337 e. The molecule has 0 aromatic heterocycles. The molecular weight excluding hydrogens is 583 g/mol. The van der Waals surface area contributed by atoms with Gasteiger partial charge in [0.2, 0.25) is 5.91 Å². The first-order chi connectivity index (χ1) is 19.8. The standard InChI is InChI=1S/C32H31Cl2F2N3O3/c1-31(2,3)15-25-32(17-37,22-13-12-20(33)14-24(22)35)26(21-6-5-7-23(34)27(21)36)28(39-25)29(40)38-16-18-8-10-19(11-9-18)30(41)42-4/h5-14,25-26,28,39H,15-16H2,1-4H3,(H,38,40)/t25?,26?,28-,32+/m1/s1. The van der Waals surface area contributed by atoms with Gasteiger partial charge in [-0.25, -0.2) is 13.6 Å². The second kappa shape index (κ2) is 12.4. The van der Waals surface area contributed by atoms with Crippen LogP contribution < -0.4 is 10.6 Å². The molecular formula is C32H31Cl2F2N3O3. The first kappa shape index (κ1) is 31.4.